The van der Waals surface area contributed by atoms with Gasteiger partial charge in [0.05, 0.1) is 11.3 Å². The Morgan fingerprint density at radius 3 is 2.61 bits per heavy atom. The summed E-state index contributed by atoms with van der Waals surface area (Å²) in [5, 5.41) is 9.20. The summed E-state index contributed by atoms with van der Waals surface area (Å²) >= 11 is 6.06. The maximum Gasteiger partial charge on any atom is 0.303 e. The van der Waals surface area contributed by atoms with Crippen LogP contribution in [0.3, 0.4) is 0 Å². The minimum Gasteiger partial charge on any atom is -0.481 e. The Bertz CT molecular complexity index is 1020. The van der Waals surface area contributed by atoms with E-state index in [0.717, 1.165) is 5.56 Å². The van der Waals surface area contributed by atoms with Crippen molar-refractivity contribution in [3.8, 4) is 0 Å². The molecule has 0 radical (unpaired) electrons. The Labute approximate surface area is 168 Å². The maximum atomic E-state index is 12.6. The van der Waals surface area contributed by atoms with Crippen molar-refractivity contribution in [3.63, 3.8) is 0 Å². The van der Waals surface area contributed by atoms with Crippen molar-refractivity contribution in [2.75, 3.05) is 11.4 Å². The zero-order valence-corrected chi connectivity index (χ0v) is 16.5. The molecular weight excluding hydrogens is 404 g/mol. The van der Waals surface area contributed by atoms with E-state index in [1.165, 1.54) is 11.0 Å². The number of anilines is 1. The summed E-state index contributed by atoms with van der Waals surface area (Å²) in [6, 6.07) is 11.6. The molecule has 1 aliphatic rings. The van der Waals surface area contributed by atoms with Gasteiger partial charge in [0.25, 0.3) is 0 Å². The number of fused-ring (bicyclic) bond motifs is 1. The van der Waals surface area contributed by atoms with Crippen molar-refractivity contribution in [3.05, 3.63) is 58.6 Å². The molecular formula is C19H19ClN2O5S. The minimum absolute atomic E-state index is 0.0683. The summed E-state index contributed by atoms with van der Waals surface area (Å²) < 4.78 is 27.8. The molecule has 2 aromatic rings. The van der Waals surface area contributed by atoms with E-state index >= 15 is 0 Å². The van der Waals surface area contributed by atoms with Gasteiger partial charge < -0.3 is 10.0 Å². The first-order chi connectivity index (χ1) is 13.3. The first kappa shape index (κ1) is 20.3. The quantitative estimate of drug-likeness (QED) is 0.713. The average Bonchev–Trinajstić information content (AvgIpc) is 3.09. The highest BCUT2D eigenvalue weighted by molar-refractivity contribution is 7.89. The van der Waals surface area contributed by atoms with Gasteiger partial charge in [-0.1, -0.05) is 29.8 Å². The van der Waals surface area contributed by atoms with Crippen LogP contribution in [0.25, 0.3) is 0 Å². The van der Waals surface area contributed by atoms with Crippen LogP contribution in [0.4, 0.5) is 5.69 Å². The third-order valence-corrected chi connectivity index (χ3v) is 6.29. The molecule has 0 saturated heterocycles. The second kappa shape index (κ2) is 8.30. The lowest BCUT2D eigenvalue weighted by Crippen LogP contribution is -2.29. The molecule has 0 aromatic heterocycles. The van der Waals surface area contributed by atoms with Gasteiger partial charge in [0.15, 0.2) is 0 Å². The largest absolute Gasteiger partial charge is 0.481 e. The Kier molecular flexibility index (Phi) is 6.02. The minimum atomic E-state index is -3.75. The number of halogens is 1. The van der Waals surface area contributed by atoms with E-state index in [1.54, 1.807) is 36.4 Å². The monoisotopic (exact) mass is 422 g/mol. The average molecular weight is 423 g/mol. The lowest BCUT2D eigenvalue weighted by atomic mass is 10.2. The summed E-state index contributed by atoms with van der Waals surface area (Å²) in [5.41, 5.74) is 2.04. The molecule has 7 nitrogen and oxygen atoms in total. The molecule has 9 heteroatoms. The number of carboxylic acid groups (broad SMARTS) is 1. The van der Waals surface area contributed by atoms with Crippen molar-refractivity contribution in [1.82, 2.24) is 4.72 Å². The summed E-state index contributed by atoms with van der Waals surface area (Å²) in [7, 11) is -3.75. The molecule has 0 unspecified atom stereocenters. The predicted molar refractivity (Wildman–Crippen MR) is 105 cm³/mol. The number of carbonyl (C=O) groups excluding carboxylic acids is 1. The van der Waals surface area contributed by atoms with Crippen LogP contribution in [-0.4, -0.2) is 31.9 Å². The molecule has 1 heterocycles. The Balaban J connectivity index is 1.73. The molecule has 1 aliphatic heterocycles. The van der Waals surface area contributed by atoms with Gasteiger partial charge in [0.1, 0.15) is 0 Å². The third-order valence-electron chi connectivity index (χ3n) is 4.52. The van der Waals surface area contributed by atoms with Crippen molar-refractivity contribution >= 4 is 39.2 Å². The first-order valence-electron chi connectivity index (χ1n) is 8.66. The molecule has 1 amide bonds. The number of sulfonamides is 1. The molecule has 28 heavy (non-hydrogen) atoms. The summed E-state index contributed by atoms with van der Waals surface area (Å²) in [5.74, 6) is -1.31. The topological polar surface area (TPSA) is 104 Å². The van der Waals surface area contributed by atoms with Gasteiger partial charge in [-0.25, -0.2) is 13.1 Å². The molecule has 3 rings (SSSR count). The number of nitrogens with one attached hydrogen (secondary N) is 1. The third kappa shape index (κ3) is 4.52. The second-order valence-corrected chi connectivity index (χ2v) is 8.57. The lowest BCUT2D eigenvalue weighted by molar-refractivity contribution is -0.138. The van der Waals surface area contributed by atoms with Gasteiger partial charge in [-0.05, 0) is 41.8 Å². The van der Waals surface area contributed by atoms with E-state index in [9.17, 15) is 18.0 Å². The normalized spacial score (nSPS) is 13.4. The summed E-state index contributed by atoms with van der Waals surface area (Å²) in [6.07, 6.45) is 0.194. The van der Waals surface area contributed by atoms with E-state index in [1.807, 2.05) is 0 Å². The zero-order valence-electron chi connectivity index (χ0n) is 14.9. The molecule has 0 spiro atoms. The lowest BCUT2D eigenvalue weighted by Gasteiger charge is -2.17. The van der Waals surface area contributed by atoms with Gasteiger partial charge in [-0.3, -0.25) is 9.59 Å². The predicted octanol–water partition coefficient (Wildman–Crippen LogP) is 2.57. The van der Waals surface area contributed by atoms with E-state index < -0.39 is 16.0 Å². The molecule has 0 aliphatic carbocycles. The number of amides is 1. The van der Waals surface area contributed by atoms with Gasteiger partial charge in [0.2, 0.25) is 15.9 Å². The summed E-state index contributed by atoms with van der Waals surface area (Å²) in [6.45, 7) is 0.475. The fourth-order valence-electron chi connectivity index (χ4n) is 3.05. The standard InChI is InChI=1S/C19H19ClN2O5S/c20-16-4-2-1-3-14(16)12-21-28(26,27)15-5-6-17-13(11-15)9-10-22(17)18(23)7-8-19(24)25/h1-6,11,21H,7-10,12H2,(H,24,25). The number of hydrogen-bond donors (Lipinski definition) is 2. The van der Waals surface area contributed by atoms with Crippen LogP contribution in [0.2, 0.25) is 5.02 Å². The van der Waals surface area contributed by atoms with Crippen molar-refractivity contribution in [2.45, 2.75) is 30.7 Å². The van der Waals surface area contributed by atoms with Crippen LogP contribution >= 0.6 is 11.6 Å². The van der Waals surface area contributed by atoms with Gasteiger partial charge in [0, 0.05) is 30.2 Å². The fraction of sp³-hybridized carbons (Fsp3) is 0.263. The number of benzene rings is 2. The van der Waals surface area contributed by atoms with Crippen molar-refractivity contribution < 1.29 is 23.1 Å². The molecule has 2 aromatic carbocycles. The van der Waals surface area contributed by atoms with Crippen LogP contribution in [-0.2, 0) is 32.6 Å². The van der Waals surface area contributed by atoms with Crippen LogP contribution < -0.4 is 9.62 Å². The van der Waals surface area contributed by atoms with Crippen LogP contribution in [0.1, 0.15) is 24.0 Å². The van der Waals surface area contributed by atoms with Crippen LogP contribution in [0.5, 0.6) is 0 Å². The van der Waals surface area contributed by atoms with Gasteiger partial charge in [-0.2, -0.15) is 0 Å². The Morgan fingerprint density at radius 1 is 1.14 bits per heavy atom. The van der Waals surface area contributed by atoms with E-state index in [0.29, 0.717) is 29.2 Å². The highest BCUT2D eigenvalue weighted by atomic mass is 35.5. The van der Waals surface area contributed by atoms with Crippen molar-refractivity contribution in [2.24, 2.45) is 0 Å². The Hall–Kier alpha value is -2.42. The molecule has 0 atom stereocenters. The SMILES string of the molecule is O=C(O)CCC(=O)N1CCc2cc(S(=O)(=O)NCc3ccccc3Cl)ccc21. The van der Waals surface area contributed by atoms with Crippen molar-refractivity contribution in [1.29, 1.82) is 0 Å². The highest BCUT2D eigenvalue weighted by Gasteiger charge is 2.26. The van der Waals surface area contributed by atoms with Gasteiger partial charge >= 0.3 is 5.97 Å². The molecule has 2 N–H and O–H groups in total. The van der Waals surface area contributed by atoms with E-state index in [-0.39, 0.29) is 30.2 Å². The maximum absolute atomic E-state index is 12.6. The first-order valence-corrected chi connectivity index (χ1v) is 10.5. The van der Waals surface area contributed by atoms with E-state index in [2.05, 4.69) is 4.72 Å². The number of rotatable bonds is 7. The molecule has 0 saturated carbocycles. The smallest absolute Gasteiger partial charge is 0.303 e. The molecule has 0 bridgehead atoms. The second-order valence-electron chi connectivity index (χ2n) is 6.40. The fourth-order valence-corrected chi connectivity index (χ4v) is 4.31. The van der Waals surface area contributed by atoms with Crippen LogP contribution in [0.15, 0.2) is 47.4 Å². The van der Waals surface area contributed by atoms with Crippen LogP contribution in [0, 0.1) is 0 Å². The van der Waals surface area contributed by atoms with Gasteiger partial charge in [-0.15, -0.1) is 0 Å². The number of nitrogens with zero attached hydrogens (tertiary/aromatic N) is 1. The number of carbonyl (C=O) groups is 2. The molecule has 0 fully saturated rings. The number of carboxylic acids is 1. The summed E-state index contributed by atoms with van der Waals surface area (Å²) in [4.78, 5) is 24.5. The number of hydrogen-bond acceptors (Lipinski definition) is 4. The zero-order chi connectivity index (χ0) is 20.3. The van der Waals surface area contributed by atoms with E-state index in [4.69, 9.17) is 16.7 Å². The Morgan fingerprint density at radius 2 is 1.89 bits per heavy atom. The highest BCUT2D eigenvalue weighted by Crippen LogP contribution is 2.31. The molecule has 148 valence electrons. The number of aliphatic carboxylic acids is 1.